The smallest absolute Gasteiger partial charge is 0.131 e. The van der Waals surface area contributed by atoms with E-state index in [2.05, 4.69) is 36.1 Å². The average molecular weight is 284 g/mol. The molecule has 1 nitrogen and oxygen atoms in total. The van der Waals surface area contributed by atoms with E-state index in [1.807, 2.05) is 48.5 Å². The fourth-order valence-corrected chi connectivity index (χ4v) is 2.38. The van der Waals surface area contributed by atoms with Crippen LogP contribution in [0.4, 0.5) is 0 Å². The van der Waals surface area contributed by atoms with Crippen molar-refractivity contribution in [2.45, 2.75) is 5.92 Å². The third-order valence-corrected chi connectivity index (χ3v) is 3.52. The minimum Gasteiger partial charge on any atom is -0.507 e. The van der Waals surface area contributed by atoms with E-state index in [1.165, 1.54) is 0 Å². The van der Waals surface area contributed by atoms with E-state index in [1.54, 1.807) is 12.1 Å². The summed E-state index contributed by atoms with van der Waals surface area (Å²) in [5.41, 5.74) is 2.95. The molecule has 0 atom stereocenters. The van der Waals surface area contributed by atoms with Crippen LogP contribution >= 0.6 is 0 Å². The molecule has 3 rings (SSSR count). The molecule has 0 aliphatic heterocycles. The molecule has 0 aliphatic rings. The Kier molecular flexibility index (Phi) is 4.22. The lowest BCUT2D eigenvalue weighted by Crippen LogP contribution is -1.98. The van der Waals surface area contributed by atoms with Gasteiger partial charge in [-0.15, -0.1) is 0 Å². The minimum atomic E-state index is -0.0120. The number of benzene rings is 3. The first-order valence-corrected chi connectivity index (χ1v) is 7.24. The van der Waals surface area contributed by atoms with Gasteiger partial charge in [-0.3, -0.25) is 0 Å². The molecule has 0 bridgehead atoms. The lowest BCUT2D eigenvalue weighted by molar-refractivity contribution is 0.473. The molecule has 0 spiro atoms. The topological polar surface area (TPSA) is 20.2 Å². The highest BCUT2D eigenvalue weighted by Gasteiger charge is 2.10. The van der Waals surface area contributed by atoms with Crippen molar-refractivity contribution in [2.24, 2.45) is 0 Å². The van der Waals surface area contributed by atoms with Crippen LogP contribution in [-0.2, 0) is 0 Å². The van der Waals surface area contributed by atoms with Crippen molar-refractivity contribution in [1.29, 1.82) is 0 Å². The molecule has 1 heteroatoms. The van der Waals surface area contributed by atoms with Gasteiger partial charge in [-0.1, -0.05) is 84.6 Å². The van der Waals surface area contributed by atoms with Gasteiger partial charge >= 0.3 is 0 Å². The first-order valence-electron chi connectivity index (χ1n) is 7.24. The first-order chi connectivity index (χ1) is 10.8. The average Bonchev–Trinajstić information content (AvgIpc) is 2.59. The van der Waals surface area contributed by atoms with E-state index in [4.69, 9.17) is 0 Å². The number of para-hydroxylation sites is 1. The van der Waals surface area contributed by atoms with Gasteiger partial charge in [-0.05, 0) is 23.3 Å². The van der Waals surface area contributed by atoms with Crippen LogP contribution in [0.25, 0.3) is 0 Å². The van der Waals surface area contributed by atoms with Crippen molar-refractivity contribution in [3.05, 3.63) is 102 Å². The van der Waals surface area contributed by atoms with Crippen molar-refractivity contribution < 1.29 is 5.11 Å². The standard InChI is InChI=1S/C21H16O/c22-21-14-8-7-13-19(21)15-16-20(17-9-3-1-4-10-17)18-11-5-2-6-12-18/h1-14,20,22H. The molecule has 3 aromatic rings. The van der Waals surface area contributed by atoms with Gasteiger partial charge in [0.2, 0.25) is 0 Å². The number of rotatable bonds is 2. The van der Waals surface area contributed by atoms with E-state index in [-0.39, 0.29) is 11.7 Å². The Morgan fingerprint density at radius 3 is 1.68 bits per heavy atom. The van der Waals surface area contributed by atoms with Crippen LogP contribution in [0.15, 0.2) is 84.9 Å². The molecule has 0 amide bonds. The van der Waals surface area contributed by atoms with E-state index >= 15 is 0 Å². The molecule has 0 aliphatic carbocycles. The Bertz CT molecular complexity index is 756. The number of aromatic hydroxyl groups is 1. The number of phenols is 1. The van der Waals surface area contributed by atoms with Crippen LogP contribution in [0, 0.1) is 11.8 Å². The lowest BCUT2D eigenvalue weighted by atomic mass is 9.91. The second-order valence-electron chi connectivity index (χ2n) is 5.04. The van der Waals surface area contributed by atoms with E-state index in [0.29, 0.717) is 5.56 Å². The Morgan fingerprint density at radius 1 is 0.636 bits per heavy atom. The zero-order chi connectivity index (χ0) is 15.2. The fourth-order valence-electron chi connectivity index (χ4n) is 2.38. The van der Waals surface area contributed by atoms with Crippen LogP contribution < -0.4 is 0 Å². The third kappa shape index (κ3) is 3.19. The van der Waals surface area contributed by atoms with E-state index in [0.717, 1.165) is 11.1 Å². The Hall–Kier alpha value is -2.98. The Morgan fingerprint density at radius 2 is 1.14 bits per heavy atom. The quantitative estimate of drug-likeness (QED) is 0.683. The summed E-state index contributed by atoms with van der Waals surface area (Å²) in [5, 5.41) is 9.86. The zero-order valence-corrected chi connectivity index (χ0v) is 12.1. The summed E-state index contributed by atoms with van der Waals surface area (Å²) in [6.45, 7) is 0. The predicted molar refractivity (Wildman–Crippen MR) is 89.7 cm³/mol. The maximum atomic E-state index is 9.86. The summed E-state index contributed by atoms with van der Waals surface area (Å²) in [4.78, 5) is 0. The van der Waals surface area contributed by atoms with Gasteiger partial charge in [0.15, 0.2) is 0 Å². The Balaban J connectivity index is 2.03. The van der Waals surface area contributed by atoms with Gasteiger partial charge in [0.25, 0.3) is 0 Å². The minimum absolute atomic E-state index is 0.0120. The summed E-state index contributed by atoms with van der Waals surface area (Å²) in [5.74, 6) is 6.61. The normalized spacial score (nSPS) is 10.0. The van der Waals surface area contributed by atoms with Gasteiger partial charge in [0.05, 0.1) is 11.5 Å². The summed E-state index contributed by atoms with van der Waals surface area (Å²) >= 11 is 0. The zero-order valence-electron chi connectivity index (χ0n) is 12.1. The predicted octanol–water partition coefficient (Wildman–Crippen LogP) is 4.58. The molecule has 0 radical (unpaired) electrons. The molecule has 0 heterocycles. The highest BCUT2D eigenvalue weighted by Crippen LogP contribution is 2.24. The van der Waals surface area contributed by atoms with Crippen molar-refractivity contribution in [3.63, 3.8) is 0 Å². The lowest BCUT2D eigenvalue weighted by Gasteiger charge is -2.11. The highest BCUT2D eigenvalue weighted by atomic mass is 16.3. The fraction of sp³-hybridized carbons (Fsp3) is 0.0476. The second kappa shape index (κ2) is 6.65. The molecular formula is C21H16O. The summed E-state index contributed by atoms with van der Waals surface area (Å²) in [7, 11) is 0. The van der Waals surface area contributed by atoms with Crippen molar-refractivity contribution in [1.82, 2.24) is 0 Å². The largest absolute Gasteiger partial charge is 0.507 e. The van der Waals surface area contributed by atoms with Gasteiger partial charge in [0.1, 0.15) is 5.75 Å². The third-order valence-electron chi connectivity index (χ3n) is 3.52. The second-order valence-corrected chi connectivity index (χ2v) is 5.04. The van der Waals surface area contributed by atoms with Crippen molar-refractivity contribution in [2.75, 3.05) is 0 Å². The molecular weight excluding hydrogens is 268 g/mol. The summed E-state index contributed by atoms with van der Waals surface area (Å²) in [6, 6.07) is 27.6. The molecule has 0 aromatic heterocycles. The SMILES string of the molecule is Oc1ccccc1C#CC(c1ccccc1)c1ccccc1. The van der Waals surface area contributed by atoms with Gasteiger partial charge in [0, 0.05) is 0 Å². The molecule has 3 aromatic carbocycles. The Labute approximate surface area is 130 Å². The van der Waals surface area contributed by atoms with E-state index < -0.39 is 0 Å². The van der Waals surface area contributed by atoms with Crippen LogP contribution in [-0.4, -0.2) is 5.11 Å². The van der Waals surface area contributed by atoms with Gasteiger partial charge < -0.3 is 5.11 Å². The van der Waals surface area contributed by atoms with Crippen LogP contribution in [0.3, 0.4) is 0 Å². The maximum absolute atomic E-state index is 9.86. The molecule has 0 unspecified atom stereocenters. The van der Waals surface area contributed by atoms with E-state index in [9.17, 15) is 5.11 Å². The molecule has 1 N–H and O–H groups in total. The monoisotopic (exact) mass is 284 g/mol. The van der Waals surface area contributed by atoms with Crippen LogP contribution in [0.1, 0.15) is 22.6 Å². The summed E-state index contributed by atoms with van der Waals surface area (Å²) in [6.07, 6.45) is 0. The summed E-state index contributed by atoms with van der Waals surface area (Å²) < 4.78 is 0. The van der Waals surface area contributed by atoms with Crippen molar-refractivity contribution in [3.8, 4) is 17.6 Å². The molecule has 22 heavy (non-hydrogen) atoms. The van der Waals surface area contributed by atoms with Crippen LogP contribution in [0.2, 0.25) is 0 Å². The molecule has 0 saturated heterocycles. The molecule has 106 valence electrons. The molecule has 0 saturated carbocycles. The highest BCUT2D eigenvalue weighted by molar-refractivity contribution is 5.49. The molecule has 0 fully saturated rings. The number of hydrogen-bond donors (Lipinski definition) is 1. The number of phenolic OH excluding ortho intramolecular Hbond substituents is 1. The first kappa shape index (κ1) is 14.0. The maximum Gasteiger partial charge on any atom is 0.131 e. The van der Waals surface area contributed by atoms with Crippen LogP contribution in [0.5, 0.6) is 5.75 Å². The van der Waals surface area contributed by atoms with Crippen molar-refractivity contribution >= 4 is 0 Å². The number of hydrogen-bond acceptors (Lipinski definition) is 1. The van der Waals surface area contributed by atoms with Gasteiger partial charge in [-0.2, -0.15) is 0 Å². The van der Waals surface area contributed by atoms with Gasteiger partial charge in [-0.25, -0.2) is 0 Å².